The number of rotatable bonds is 7. The van der Waals surface area contributed by atoms with E-state index in [4.69, 9.17) is 0 Å². The van der Waals surface area contributed by atoms with E-state index >= 15 is 0 Å². The molecule has 6 nitrogen and oxygen atoms in total. The third-order valence-electron chi connectivity index (χ3n) is 3.70. The van der Waals surface area contributed by atoms with Crippen LogP contribution >= 0.6 is 0 Å². The minimum Gasteiger partial charge on any atom is -0.356 e. The first-order valence-corrected chi connectivity index (χ1v) is 8.82. The van der Waals surface area contributed by atoms with Crippen LogP contribution in [0.5, 0.6) is 0 Å². The topological polar surface area (TPSA) is 76.0 Å². The first-order valence-electron chi connectivity index (χ1n) is 8.82. The summed E-state index contributed by atoms with van der Waals surface area (Å²) in [5, 5.41) is 5.89. The largest absolute Gasteiger partial charge is 0.356 e. The minimum absolute atomic E-state index is 0.0491. The van der Waals surface area contributed by atoms with Crippen LogP contribution < -0.4 is 10.6 Å². The Bertz CT molecular complexity index is 743. The average Bonchev–Trinajstić information content (AvgIpc) is 2.84. The summed E-state index contributed by atoms with van der Waals surface area (Å²) < 4.78 is 1.93. The molecule has 0 fully saturated rings. The first-order chi connectivity index (χ1) is 11.8. The highest BCUT2D eigenvalue weighted by Crippen LogP contribution is 2.16. The Morgan fingerprint density at radius 2 is 1.88 bits per heavy atom. The summed E-state index contributed by atoms with van der Waals surface area (Å²) in [7, 11) is 0. The van der Waals surface area contributed by atoms with Crippen LogP contribution in [0.1, 0.15) is 46.4 Å². The Labute approximate surface area is 149 Å². The van der Waals surface area contributed by atoms with Crippen LogP contribution in [0.15, 0.2) is 24.3 Å². The predicted molar refractivity (Wildman–Crippen MR) is 99.3 cm³/mol. The molecule has 0 aliphatic rings. The van der Waals surface area contributed by atoms with Gasteiger partial charge in [-0.15, -0.1) is 0 Å². The maximum atomic E-state index is 12.4. The van der Waals surface area contributed by atoms with E-state index in [1.165, 1.54) is 0 Å². The van der Waals surface area contributed by atoms with Crippen molar-refractivity contribution in [3.05, 3.63) is 30.1 Å². The van der Waals surface area contributed by atoms with Gasteiger partial charge in [-0.1, -0.05) is 19.1 Å². The molecule has 0 aliphatic carbocycles. The summed E-state index contributed by atoms with van der Waals surface area (Å²) in [6.45, 7) is 8.59. The number of amides is 2. The van der Waals surface area contributed by atoms with Crippen molar-refractivity contribution >= 4 is 22.8 Å². The fourth-order valence-electron chi connectivity index (χ4n) is 2.72. The van der Waals surface area contributed by atoms with Gasteiger partial charge in [-0.25, -0.2) is 4.98 Å². The van der Waals surface area contributed by atoms with E-state index in [0.717, 1.165) is 23.3 Å². The minimum atomic E-state index is -0.276. The summed E-state index contributed by atoms with van der Waals surface area (Å²) in [6, 6.07) is 7.77. The van der Waals surface area contributed by atoms with Gasteiger partial charge in [-0.3, -0.25) is 9.59 Å². The van der Waals surface area contributed by atoms with Gasteiger partial charge in [0.2, 0.25) is 11.8 Å². The first kappa shape index (κ1) is 19.0. The van der Waals surface area contributed by atoms with Gasteiger partial charge in [0.1, 0.15) is 12.4 Å². The van der Waals surface area contributed by atoms with Crippen molar-refractivity contribution in [3.63, 3.8) is 0 Å². The van der Waals surface area contributed by atoms with E-state index in [-0.39, 0.29) is 23.9 Å². The second kappa shape index (κ2) is 8.14. The van der Waals surface area contributed by atoms with Crippen molar-refractivity contribution in [2.24, 2.45) is 0 Å². The molecule has 136 valence electrons. The van der Waals surface area contributed by atoms with Crippen LogP contribution in [0.2, 0.25) is 0 Å². The Morgan fingerprint density at radius 3 is 2.56 bits per heavy atom. The lowest BCUT2D eigenvalue weighted by Gasteiger charge is -2.21. The number of imidazole rings is 1. The van der Waals surface area contributed by atoms with Gasteiger partial charge in [0.25, 0.3) is 0 Å². The molecule has 1 aromatic heterocycles. The quantitative estimate of drug-likeness (QED) is 0.810. The van der Waals surface area contributed by atoms with E-state index < -0.39 is 0 Å². The number of hydrogen-bond acceptors (Lipinski definition) is 3. The van der Waals surface area contributed by atoms with Crippen molar-refractivity contribution < 1.29 is 9.59 Å². The number of benzene rings is 1. The highest BCUT2D eigenvalue weighted by atomic mass is 16.2. The van der Waals surface area contributed by atoms with E-state index in [1.807, 2.05) is 56.5 Å². The number of carbonyl (C=O) groups is 2. The second-order valence-electron chi connectivity index (χ2n) is 7.25. The number of hydrogen-bond donors (Lipinski definition) is 2. The zero-order valence-corrected chi connectivity index (χ0v) is 15.6. The van der Waals surface area contributed by atoms with E-state index in [9.17, 15) is 9.59 Å². The van der Waals surface area contributed by atoms with Crippen molar-refractivity contribution in [2.45, 2.75) is 59.0 Å². The lowest BCUT2D eigenvalue weighted by atomic mass is 10.1. The molecule has 2 amide bonds. The Kier molecular flexibility index (Phi) is 6.17. The summed E-state index contributed by atoms with van der Waals surface area (Å²) in [6.07, 6.45) is 1.95. The van der Waals surface area contributed by atoms with Gasteiger partial charge in [0.05, 0.1) is 11.0 Å². The van der Waals surface area contributed by atoms with Crippen LogP contribution in [0.4, 0.5) is 0 Å². The summed E-state index contributed by atoms with van der Waals surface area (Å²) in [5.41, 5.74) is 1.52. The molecule has 0 atom stereocenters. The number of aromatic nitrogens is 2. The molecule has 2 N–H and O–H groups in total. The van der Waals surface area contributed by atoms with Crippen molar-refractivity contribution in [1.29, 1.82) is 0 Å². The van der Waals surface area contributed by atoms with Gasteiger partial charge in [0, 0.05) is 24.9 Å². The Hall–Kier alpha value is -2.37. The number of carbonyl (C=O) groups excluding carboxylic acids is 2. The Balaban J connectivity index is 2.15. The third-order valence-corrected chi connectivity index (χ3v) is 3.70. The monoisotopic (exact) mass is 344 g/mol. The molecule has 0 saturated heterocycles. The standard InChI is InChI=1S/C19H28N4O2/c1-5-8-17(24)20-12-11-16-21-14-9-6-7-10-15(14)23(16)13-18(25)22-19(2,3)4/h6-7,9-10H,5,8,11-13H2,1-4H3,(H,20,24)(H,22,25). The molecule has 1 aromatic carbocycles. The molecule has 2 rings (SSSR count). The number of para-hydroxylation sites is 2. The summed E-state index contributed by atoms with van der Waals surface area (Å²) in [5.74, 6) is 0.810. The zero-order chi connectivity index (χ0) is 18.4. The van der Waals surface area contributed by atoms with Crippen LogP contribution in [0.3, 0.4) is 0 Å². The number of nitrogens with zero attached hydrogens (tertiary/aromatic N) is 2. The molecule has 0 radical (unpaired) electrons. The van der Waals surface area contributed by atoms with Crippen molar-refractivity contribution in [1.82, 2.24) is 20.2 Å². The molecular weight excluding hydrogens is 316 g/mol. The predicted octanol–water partition coefficient (Wildman–Crippen LogP) is 2.41. The summed E-state index contributed by atoms with van der Waals surface area (Å²) >= 11 is 0. The fraction of sp³-hybridized carbons (Fsp3) is 0.526. The smallest absolute Gasteiger partial charge is 0.240 e. The van der Waals surface area contributed by atoms with E-state index in [2.05, 4.69) is 15.6 Å². The van der Waals surface area contributed by atoms with Gasteiger partial charge in [-0.2, -0.15) is 0 Å². The molecule has 0 aliphatic heterocycles. The van der Waals surface area contributed by atoms with Gasteiger partial charge >= 0.3 is 0 Å². The Morgan fingerprint density at radius 1 is 1.16 bits per heavy atom. The van der Waals surface area contributed by atoms with Crippen LogP contribution in [-0.4, -0.2) is 33.4 Å². The lowest BCUT2D eigenvalue weighted by molar-refractivity contribution is -0.123. The molecular formula is C19H28N4O2. The number of nitrogens with one attached hydrogen (secondary N) is 2. The van der Waals surface area contributed by atoms with Crippen LogP contribution in [0, 0.1) is 0 Å². The SMILES string of the molecule is CCCC(=O)NCCc1nc2ccccc2n1CC(=O)NC(C)(C)C. The van der Waals surface area contributed by atoms with E-state index in [0.29, 0.717) is 19.4 Å². The van der Waals surface area contributed by atoms with Gasteiger partial charge < -0.3 is 15.2 Å². The van der Waals surface area contributed by atoms with Crippen molar-refractivity contribution in [2.75, 3.05) is 6.54 Å². The van der Waals surface area contributed by atoms with E-state index in [1.54, 1.807) is 0 Å². The highest BCUT2D eigenvalue weighted by molar-refractivity contribution is 5.81. The molecule has 0 saturated carbocycles. The molecule has 1 heterocycles. The fourth-order valence-corrected chi connectivity index (χ4v) is 2.72. The normalized spacial score (nSPS) is 11.5. The maximum absolute atomic E-state index is 12.4. The second-order valence-corrected chi connectivity index (χ2v) is 7.25. The molecule has 6 heteroatoms. The van der Waals surface area contributed by atoms with Gasteiger partial charge in [-0.05, 0) is 39.3 Å². The maximum Gasteiger partial charge on any atom is 0.240 e. The molecule has 25 heavy (non-hydrogen) atoms. The molecule has 0 bridgehead atoms. The molecule has 0 unspecified atom stereocenters. The van der Waals surface area contributed by atoms with Crippen LogP contribution in [0.25, 0.3) is 11.0 Å². The highest BCUT2D eigenvalue weighted by Gasteiger charge is 2.17. The lowest BCUT2D eigenvalue weighted by Crippen LogP contribution is -2.42. The number of fused-ring (bicyclic) bond motifs is 1. The molecule has 0 spiro atoms. The molecule has 2 aromatic rings. The van der Waals surface area contributed by atoms with Crippen LogP contribution in [-0.2, 0) is 22.6 Å². The van der Waals surface area contributed by atoms with Gasteiger partial charge in [0.15, 0.2) is 0 Å². The average molecular weight is 344 g/mol. The zero-order valence-electron chi connectivity index (χ0n) is 15.6. The van der Waals surface area contributed by atoms with Crippen molar-refractivity contribution in [3.8, 4) is 0 Å². The summed E-state index contributed by atoms with van der Waals surface area (Å²) in [4.78, 5) is 28.6. The third kappa shape index (κ3) is 5.59.